The van der Waals surface area contributed by atoms with Crippen molar-refractivity contribution in [2.75, 3.05) is 67.5 Å². The molecule has 2 N–H and O–H groups in total. The molecule has 0 bridgehead atoms. The van der Waals surface area contributed by atoms with E-state index in [2.05, 4.69) is 49.0 Å². The third kappa shape index (κ3) is 6.63. The SMILES string of the molecule is C=CC(=O)Nc1cc(Nc2cc(N3OCCC3c3cccc(-c4cnc(C)c(F)c4)c3)ncn2)c(OC)cc1N1CCN(C)CC1. The number of halogens is 1. The van der Waals surface area contributed by atoms with Gasteiger partial charge in [0.05, 0.1) is 42.5 Å². The Kier molecular flexibility index (Phi) is 9.08. The van der Waals surface area contributed by atoms with Gasteiger partial charge in [-0.05, 0) is 49.4 Å². The molecule has 11 nitrogen and oxygen atoms in total. The zero-order chi connectivity index (χ0) is 32.2. The summed E-state index contributed by atoms with van der Waals surface area (Å²) >= 11 is 0. The smallest absolute Gasteiger partial charge is 0.247 e. The maximum atomic E-state index is 14.3. The molecule has 0 saturated carbocycles. The first kappa shape index (κ1) is 30.9. The summed E-state index contributed by atoms with van der Waals surface area (Å²) in [4.78, 5) is 36.1. The Bertz CT molecular complexity index is 1740. The molecule has 2 saturated heterocycles. The average molecular weight is 625 g/mol. The molecule has 1 atom stereocenters. The van der Waals surface area contributed by atoms with Gasteiger partial charge in [-0.2, -0.15) is 0 Å². The number of piperazine rings is 1. The molecule has 12 heteroatoms. The molecule has 2 aromatic heterocycles. The van der Waals surface area contributed by atoms with Crippen LogP contribution in [0.5, 0.6) is 5.75 Å². The quantitative estimate of drug-likeness (QED) is 0.232. The van der Waals surface area contributed by atoms with Crippen molar-refractivity contribution in [3.05, 3.63) is 90.8 Å². The van der Waals surface area contributed by atoms with Crippen molar-refractivity contribution in [2.45, 2.75) is 19.4 Å². The number of aromatic nitrogens is 3. The Hall–Kier alpha value is -5.07. The number of pyridine rings is 1. The number of aryl methyl sites for hydroxylation is 1. The molecule has 2 fully saturated rings. The molecular formula is C34H37FN8O3. The van der Waals surface area contributed by atoms with Gasteiger partial charge >= 0.3 is 0 Å². The number of methoxy groups -OCH3 is 1. The van der Waals surface area contributed by atoms with Crippen molar-refractivity contribution in [2.24, 2.45) is 0 Å². The molecule has 2 aliphatic heterocycles. The van der Waals surface area contributed by atoms with E-state index in [4.69, 9.17) is 9.57 Å². The standard InChI is InChI=1S/C34H37FN8O3/c1-5-34(44)40-27-17-28(31(45-4)18-30(27)42-12-10-41(3)11-13-42)39-32-19-33(38-21-37-32)43-29(9-14-46-43)24-8-6-7-23(15-24)25-16-26(35)22(2)36-20-25/h5-8,15-21,29H,1,9-14H2,2-4H3,(H,40,44)(H,37,38,39). The maximum Gasteiger partial charge on any atom is 0.247 e. The molecule has 6 rings (SSSR count). The number of hydrogen-bond donors (Lipinski definition) is 2. The molecule has 1 amide bonds. The van der Waals surface area contributed by atoms with E-state index >= 15 is 0 Å². The molecule has 2 aromatic carbocycles. The number of likely N-dealkylation sites (N-methyl/N-ethyl adjacent to an activating group) is 1. The van der Waals surface area contributed by atoms with Gasteiger partial charge in [-0.25, -0.2) is 19.4 Å². The van der Waals surface area contributed by atoms with Crippen molar-refractivity contribution in [3.63, 3.8) is 0 Å². The normalized spacial score (nSPS) is 16.7. The number of benzene rings is 2. The highest BCUT2D eigenvalue weighted by molar-refractivity contribution is 6.02. The van der Waals surface area contributed by atoms with E-state index in [1.54, 1.807) is 31.4 Å². The first-order valence-electron chi connectivity index (χ1n) is 15.2. The molecule has 2 aliphatic rings. The van der Waals surface area contributed by atoms with Crippen molar-refractivity contribution in [3.8, 4) is 16.9 Å². The van der Waals surface area contributed by atoms with Crippen LogP contribution >= 0.6 is 0 Å². The van der Waals surface area contributed by atoms with Crippen LogP contribution in [0.25, 0.3) is 11.1 Å². The van der Waals surface area contributed by atoms with Crippen LogP contribution in [0.3, 0.4) is 0 Å². The van der Waals surface area contributed by atoms with Crippen LogP contribution in [0, 0.1) is 12.7 Å². The lowest BCUT2D eigenvalue weighted by atomic mass is 9.99. The van der Waals surface area contributed by atoms with Gasteiger partial charge in [0.1, 0.15) is 23.7 Å². The predicted molar refractivity (Wildman–Crippen MR) is 177 cm³/mol. The minimum Gasteiger partial charge on any atom is -0.494 e. The Labute approximate surface area is 267 Å². The Balaban J connectivity index is 1.27. The van der Waals surface area contributed by atoms with Gasteiger partial charge in [0.15, 0.2) is 5.82 Å². The third-order valence-corrected chi connectivity index (χ3v) is 8.28. The van der Waals surface area contributed by atoms with Crippen LogP contribution < -0.4 is 25.3 Å². The van der Waals surface area contributed by atoms with Gasteiger partial charge in [0, 0.05) is 56.5 Å². The summed E-state index contributed by atoms with van der Waals surface area (Å²) in [6, 6.07) is 14.9. The molecule has 4 heterocycles. The van der Waals surface area contributed by atoms with Gasteiger partial charge in [-0.1, -0.05) is 24.8 Å². The summed E-state index contributed by atoms with van der Waals surface area (Å²) in [6.07, 6.45) is 5.15. The molecule has 0 spiro atoms. The second-order valence-corrected chi connectivity index (χ2v) is 11.3. The molecule has 238 valence electrons. The van der Waals surface area contributed by atoms with Gasteiger partial charge in [0.25, 0.3) is 0 Å². The second-order valence-electron chi connectivity index (χ2n) is 11.3. The predicted octanol–water partition coefficient (Wildman–Crippen LogP) is 5.50. The number of hydroxylamine groups is 1. The number of hydrogen-bond acceptors (Lipinski definition) is 10. The number of rotatable bonds is 9. The number of carbonyl (C=O) groups excluding carboxylic acids is 1. The number of carbonyl (C=O) groups is 1. The van der Waals surface area contributed by atoms with Gasteiger partial charge in [-0.15, -0.1) is 0 Å². The largest absolute Gasteiger partial charge is 0.494 e. The second kappa shape index (κ2) is 13.5. The topological polar surface area (TPSA) is 108 Å². The fourth-order valence-corrected chi connectivity index (χ4v) is 5.69. The summed E-state index contributed by atoms with van der Waals surface area (Å²) in [5.74, 6) is 1.04. The number of nitrogens with zero attached hydrogens (tertiary/aromatic N) is 6. The highest BCUT2D eigenvalue weighted by Gasteiger charge is 2.30. The first-order chi connectivity index (χ1) is 22.3. The van der Waals surface area contributed by atoms with E-state index in [0.717, 1.165) is 49.4 Å². The highest BCUT2D eigenvalue weighted by atomic mass is 19.1. The Morgan fingerprint density at radius 2 is 1.89 bits per heavy atom. The molecule has 1 unspecified atom stereocenters. The average Bonchev–Trinajstić information content (AvgIpc) is 3.57. The van der Waals surface area contributed by atoms with Gasteiger partial charge in [-0.3, -0.25) is 14.6 Å². The van der Waals surface area contributed by atoms with Crippen molar-refractivity contribution >= 4 is 34.6 Å². The Morgan fingerprint density at radius 3 is 2.65 bits per heavy atom. The van der Waals surface area contributed by atoms with Crippen LogP contribution in [0.2, 0.25) is 0 Å². The van der Waals surface area contributed by atoms with Crippen LogP contribution in [0.4, 0.5) is 33.1 Å². The number of nitrogens with one attached hydrogen (secondary N) is 2. The van der Waals surface area contributed by atoms with Crippen molar-refractivity contribution in [1.82, 2.24) is 19.9 Å². The van der Waals surface area contributed by atoms with E-state index < -0.39 is 0 Å². The fraction of sp³-hybridized carbons (Fsp3) is 0.294. The molecule has 0 radical (unpaired) electrons. The lowest BCUT2D eigenvalue weighted by Gasteiger charge is -2.35. The van der Waals surface area contributed by atoms with E-state index in [-0.39, 0.29) is 17.8 Å². The van der Waals surface area contributed by atoms with E-state index in [1.807, 2.05) is 36.4 Å². The molecule has 4 aromatic rings. The fourth-order valence-electron chi connectivity index (χ4n) is 5.69. The van der Waals surface area contributed by atoms with Crippen molar-refractivity contribution < 1.29 is 18.8 Å². The van der Waals surface area contributed by atoms with Crippen LogP contribution in [0.1, 0.15) is 23.7 Å². The number of anilines is 5. The van der Waals surface area contributed by atoms with Crippen LogP contribution in [-0.2, 0) is 9.63 Å². The minimum atomic E-state index is -0.337. The zero-order valence-corrected chi connectivity index (χ0v) is 26.2. The van der Waals surface area contributed by atoms with E-state index in [9.17, 15) is 9.18 Å². The lowest BCUT2D eigenvalue weighted by molar-refractivity contribution is -0.111. The zero-order valence-electron chi connectivity index (χ0n) is 26.2. The molecular weight excluding hydrogens is 587 g/mol. The van der Waals surface area contributed by atoms with Gasteiger partial charge in [0.2, 0.25) is 5.91 Å². The first-order valence-corrected chi connectivity index (χ1v) is 15.2. The van der Waals surface area contributed by atoms with Crippen LogP contribution in [-0.4, -0.2) is 72.7 Å². The van der Waals surface area contributed by atoms with Gasteiger partial charge < -0.3 is 25.2 Å². The minimum absolute atomic E-state index is 0.121. The summed E-state index contributed by atoms with van der Waals surface area (Å²) in [7, 11) is 3.71. The summed E-state index contributed by atoms with van der Waals surface area (Å²) in [5, 5.41) is 8.08. The summed E-state index contributed by atoms with van der Waals surface area (Å²) in [6.45, 7) is 9.22. The highest BCUT2D eigenvalue weighted by Crippen LogP contribution is 2.40. The lowest BCUT2D eigenvalue weighted by Crippen LogP contribution is -2.44. The number of ether oxygens (including phenoxy) is 1. The molecule has 46 heavy (non-hydrogen) atoms. The third-order valence-electron chi connectivity index (χ3n) is 8.28. The monoisotopic (exact) mass is 624 g/mol. The summed E-state index contributed by atoms with van der Waals surface area (Å²) in [5.41, 5.74) is 5.08. The van der Waals surface area contributed by atoms with E-state index in [1.165, 1.54) is 18.5 Å². The van der Waals surface area contributed by atoms with E-state index in [0.29, 0.717) is 46.6 Å². The van der Waals surface area contributed by atoms with Crippen LogP contribution in [0.15, 0.2) is 73.7 Å². The van der Waals surface area contributed by atoms with Crippen molar-refractivity contribution in [1.29, 1.82) is 0 Å². The number of amides is 1. The summed E-state index contributed by atoms with van der Waals surface area (Å²) < 4.78 is 20.0. The maximum absolute atomic E-state index is 14.3. The Morgan fingerprint density at radius 1 is 1.07 bits per heavy atom. The molecule has 0 aliphatic carbocycles.